The predicted molar refractivity (Wildman–Crippen MR) is 148 cm³/mol. The predicted octanol–water partition coefficient (Wildman–Crippen LogP) is 3.11. The molecule has 0 radical (unpaired) electrons. The van der Waals surface area contributed by atoms with Crippen LogP contribution >= 0.6 is 0 Å². The summed E-state index contributed by atoms with van der Waals surface area (Å²) in [6, 6.07) is 13.1. The first kappa shape index (κ1) is 30.3. The largest absolute Gasteiger partial charge is 0.497 e. The third-order valence-corrected chi connectivity index (χ3v) is 9.09. The number of alkyl carbamates (subject to hydrolysis) is 1. The monoisotopic (exact) mass is 576 g/mol. The van der Waals surface area contributed by atoms with E-state index in [-0.39, 0.29) is 49.1 Å². The second-order valence-electron chi connectivity index (χ2n) is 10.9. The van der Waals surface area contributed by atoms with Crippen molar-refractivity contribution in [3.05, 3.63) is 59.7 Å². The van der Waals surface area contributed by atoms with E-state index in [0.717, 1.165) is 17.5 Å². The number of aliphatic hydroxyl groups excluding tert-OH is 1. The highest BCUT2D eigenvalue weighted by Gasteiger charge is 2.44. The molecule has 10 nitrogen and oxygen atoms in total. The normalized spacial score (nSPS) is 22.2. The molecule has 2 fully saturated rings. The molecule has 0 spiro atoms. The van der Waals surface area contributed by atoms with Crippen LogP contribution in [0.15, 0.2) is 53.4 Å². The molecule has 11 heteroatoms. The maximum atomic E-state index is 13.6. The van der Waals surface area contributed by atoms with Crippen LogP contribution in [0, 0.1) is 18.8 Å². The number of nitrogens with zero attached hydrogens (tertiary/aromatic N) is 1. The fourth-order valence-electron chi connectivity index (χ4n) is 5.04. The summed E-state index contributed by atoms with van der Waals surface area (Å²) < 4.78 is 50.4. The van der Waals surface area contributed by atoms with Crippen molar-refractivity contribution >= 4 is 16.1 Å². The summed E-state index contributed by atoms with van der Waals surface area (Å²) in [5.41, 5.74) is 1.97. The van der Waals surface area contributed by atoms with Gasteiger partial charge in [-0.05, 0) is 55.5 Å². The number of carbonyl (C=O) groups excluding carboxylic acids is 1. The van der Waals surface area contributed by atoms with Gasteiger partial charge in [0.15, 0.2) is 6.29 Å². The van der Waals surface area contributed by atoms with Gasteiger partial charge >= 0.3 is 6.09 Å². The Balaban J connectivity index is 1.52. The molecule has 40 heavy (non-hydrogen) atoms. The SMILES string of the molecule is COc1ccc(S(=O)(=O)N(CC(C)C)CC(O)C(Cc2ccc(C)cc2)NC(=O)OC2COC3OCCC23)cc1. The van der Waals surface area contributed by atoms with Gasteiger partial charge in [0, 0.05) is 13.1 Å². The molecule has 220 valence electrons. The minimum Gasteiger partial charge on any atom is -0.497 e. The van der Waals surface area contributed by atoms with E-state index in [0.29, 0.717) is 12.4 Å². The number of benzene rings is 2. The van der Waals surface area contributed by atoms with Gasteiger partial charge in [0.05, 0.1) is 43.3 Å². The van der Waals surface area contributed by atoms with Crippen molar-refractivity contribution in [3.8, 4) is 5.75 Å². The van der Waals surface area contributed by atoms with E-state index in [9.17, 15) is 18.3 Å². The van der Waals surface area contributed by atoms with Gasteiger partial charge in [-0.2, -0.15) is 4.31 Å². The fraction of sp³-hybridized carbons (Fsp3) is 0.552. The highest BCUT2D eigenvalue weighted by molar-refractivity contribution is 7.89. The average Bonchev–Trinajstić information content (AvgIpc) is 3.54. The highest BCUT2D eigenvalue weighted by atomic mass is 32.2. The maximum Gasteiger partial charge on any atom is 0.407 e. The van der Waals surface area contributed by atoms with Crippen LogP contribution < -0.4 is 10.1 Å². The second-order valence-corrected chi connectivity index (χ2v) is 12.8. The van der Waals surface area contributed by atoms with Crippen LogP contribution in [0.3, 0.4) is 0 Å². The zero-order chi connectivity index (χ0) is 28.9. The molecule has 2 aliphatic heterocycles. The Labute approximate surface area is 236 Å². The lowest BCUT2D eigenvalue weighted by Crippen LogP contribution is -2.51. The molecule has 4 rings (SSSR count). The molecule has 5 atom stereocenters. The number of fused-ring (bicyclic) bond motifs is 1. The third kappa shape index (κ3) is 7.52. The van der Waals surface area contributed by atoms with Gasteiger partial charge in [0.25, 0.3) is 0 Å². The Bertz CT molecular complexity index is 1220. The number of rotatable bonds is 12. The Morgan fingerprint density at radius 2 is 1.80 bits per heavy atom. The molecule has 2 heterocycles. The van der Waals surface area contributed by atoms with E-state index in [1.807, 2.05) is 45.0 Å². The van der Waals surface area contributed by atoms with Crippen molar-refractivity contribution < 1.29 is 37.3 Å². The Morgan fingerprint density at radius 1 is 1.10 bits per heavy atom. The third-order valence-electron chi connectivity index (χ3n) is 7.24. The molecule has 0 aromatic heterocycles. The second kappa shape index (κ2) is 13.3. The number of amides is 1. The summed E-state index contributed by atoms with van der Waals surface area (Å²) in [7, 11) is -2.43. The van der Waals surface area contributed by atoms with Gasteiger partial charge in [-0.1, -0.05) is 43.7 Å². The molecular weight excluding hydrogens is 536 g/mol. The number of ether oxygens (including phenoxy) is 4. The Morgan fingerprint density at radius 3 is 2.45 bits per heavy atom. The summed E-state index contributed by atoms with van der Waals surface area (Å²) in [5.74, 6) is 0.512. The van der Waals surface area contributed by atoms with E-state index < -0.39 is 34.4 Å². The number of carbonyl (C=O) groups is 1. The molecular formula is C29H40N2O8S. The topological polar surface area (TPSA) is 124 Å². The molecule has 0 aliphatic carbocycles. The number of aryl methyl sites for hydroxylation is 1. The first-order valence-electron chi connectivity index (χ1n) is 13.6. The molecule has 2 aromatic rings. The molecule has 5 unspecified atom stereocenters. The van der Waals surface area contributed by atoms with Crippen molar-refractivity contribution in [2.75, 3.05) is 33.4 Å². The van der Waals surface area contributed by atoms with Crippen molar-refractivity contribution in [3.63, 3.8) is 0 Å². The number of nitrogens with one attached hydrogen (secondary N) is 1. The molecule has 0 saturated carbocycles. The maximum absolute atomic E-state index is 13.6. The van der Waals surface area contributed by atoms with Crippen LogP contribution in [-0.2, 0) is 30.7 Å². The van der Waals surface area contributed by atoms with Gasteiger partial charge in [-0.25, -0.2) is 13.2 Å². The van der Waals surface area contributed by atoms with Crippen LogP contribution in [0.4, 0.5) is 4.79 Å². The fourth-order valence-corrected chi connectivity index (χ4v) is 6.66. The van der Waals surface area contributed by atoms with Gasteiger partial charge < -0.3 is 29.4 Å². The summed E-state index contributed by atoms with van der Waals surface area (Å²) in [4.78, 5) is 13.1. The van der Waals surface area contributed by atoms with Gasteiger partial charge in [0.1, 0.15) is 11.9 Å². The summed E-state index contributed by atoms with van der Waals surface area (Å²) in [6.45, 7) is 6.57. The standard InChI is InChI=1S/C29H40N2O8S/c1-19(2)16-31(40(34,35)23-11-9-22(36-4)10-12-23)17-26(32)25(15-21-7-5-20(3)6-8-21)30-29(33)39-27-18-38-28-24(27)13-14-37-28/h5-12,19,24-28,32H,13-18H2,1-4H3,(H,30,33). The lowest BCUT2D eigenvalue weighted by molar-refractivity contribution is -0.0907. The average molecular weight is 577 g/mol. The van der Waals surface area contributed by atoms with Gasteiger partial charge in [-0.15, -0.1) is 0 Å². The summed E-state index contributed by atoms with van der Waals surface area (Å²) in [5, 5.41) is 14.2. The van der Waals surface area contributed by atoms with Crippen LogP contribution in [0.1, 0.15) is 31.4 Å². The smallest absolute Gasteiger partial charge is 0.407 e. The van der Waals surface area contributed by atoms with Gasteiger partial charge in [-0.3, -0.25) is 0 Å². The molecule has 2 N–H and O–H groups in total. The Hall–Kier alpha value is -2.70. The molecule has 1 amide bonds. The molecule has 2 saturated heterocycles. The van der Waals surface area contributed by atoms with Gasteiger partial charge in [0.2, 0.25) is 10.0 Å². The van der Waals surface area contributed by atoms with E-state index in [1.54, 1.807) is 12.1 Å². The molecule has 2 aliphatic rings. The van der Waals surface area contributed by atoms with E-state index in [2.05, 4.69) is 5.32 Å². The van der Waals surface area contributed by atoms with Crippen LogP contribution in [0.2, 0.25) is 0 Å². The highest BCUT2D eigenvalue weighted by Crippen LogP contribution is 2.33. The lowest BCUT2D eigenvalue weighted by atomic mass is 10.00. The number of sulfonamides is 1. The zero-order valence-electron chi connectivity index (χ0n) is 23.5. The molecule has 2 aromatic carbocycles. The number of aliphatic hydroxyl groups is 1. The van der Waals surface area contributed by atoms with E-state index in [4.69, 9.17) is 18.9 Å². The number of methoxy groups -OCH3 is 1. The first-order chi connectivity index (χ1) is 19.1. The number of hydrogen-bond donors (Lipinski definition) is 2. The lowest BCUT2D eigenvalue weighted by Gasteiger charge is -2.31. The van der Waals surface area contributed by atoms with E-state index >= 15 is 0 Å². The first-order valence-corrected chi connectivity index (χ1v) is 15.1. The minimum absolute atomic E-state index is 0.00219. The molecule has 0 bridgehead atoms. The van der Waals surface area contributed by atoms with Crippen LogP contribution in [-0.4, -0.2) is 81.9 Å². The van der Waals surface area contributed by atoms with Crippen LogP contribution in [0.5, 0.6) is 5.75 Å². The Kier molecular flexibility index (Phi) is 10.1. The quantitative estimate of drug-likeness (QED) is 0.395. The van der Waals surface area contributed by atoms with Crippen molar-refractivity contribution in [2.24, 2.45) is 11.8 Å². The van der Waals surface area contributed by atoms with Crippen molar-refractivity contribution in [1.29, 1.82) is 0 Å². The summed E-state index contributed by atoms with van der Waals surface area (Å²) in [6.07, 6.45) is -1.69. The zero-order valence-corrected chi connectivity index (χ0v) is 24.3. The van der Waals surface area contributed by atoms with Crippen LogP contribution in [0.25, 0.3) is 0 Å². The summed E-state index contributed by atoms with van der Waals surface area (Å²) >= 11 is 0. The van der Waals surface area contributed by atoms with Crippen molar-refractivity contribution in [2.45, 2.75) is 63.0 Å². The van der Waals surface area contributed by atoms with E-state index in [1.165, 1.54) is 23.5 Å². The number of hydrogen-bond acceptors (Lipinski definition) is 8. The minimum atomic E-state index is -3.94. The van der Waals surface area contributed by atoms with Crippen molar-refractivity contribution in [1.82, 2.24) is 9.62 Å².